The summed E-state index contributed by atoms with van der Waals surface area (Å²) < 4.78 is 1.71. The molecule has 0 fully saturated rings. The fraction of sp³-hybridized carbons (Fsp3) is 0.571. The Hall–Kier alpha value is -2.38. The number of likely N-dealkylation sites (N-methyl/N-ethyl adjacent to an activating group) is 2. The van der Waals surface area contributed by atoms with Crippen molar-refractivity contribution in [1.82, 2.24) is 24.6 Å². The molecule has 22 heavy (non-hydrogen) atoms. The Bertz CT molecular complexity index is 753. The van der Waals surface area contributed by atoms with Crippen molar-refractivity contribution in [2.24, 2.45) is 0 Å². The summed E-state index contributed by atoms with van der Waals surface area (Å²) in [4.78, 5) is 34.3. The number of aromatic nitrogens is 4. The summed E-state index contributed by atoms with van der Waals surface area (Å²) in [6.45, 7) is 6.09. The number of nitrogens with zero attached hydrogens (tertiary/aromatic N) is 5. The Labute approximate surface area is 128 Å². The Morgan fingerprint density at radius 1 is 1.32 bits per heavy atom. The van der Waals surface area contributed by atoms with Crippen LogP contribution in [0.3, 0.4) is 0 Å². The molecule has 0 unspecified atom stereocenters. The molecule has 2 rings (SSSR count). The van der Waals surface area contributed by atoms with Gasteiger partial charge in [-0.15, -0.1) is 0 Å². The molecule has 0 aromatic carbocycles. The van der Waals surface area contributed by atoms with Crippen LogP contribution < -0.4 is 10.5 Å². The van der Waals surface area contributed by atoms with E-state index in [1.54, 1.807) is 30.7 Å². The third-order valence-electron chi connectivity index (χ3n) is 3.29. The van der Waals surface area contributed by atoms with Crippen LogP contribution in [0.4, 0.5) is 5.95 Å². The van der Waals surface area contributed by atoms with E-state index in [2.05, 4.69) is 15.1 Å². The van der Waals surface area contributed by atoms with Crippen molar-refractivity contribution in [3.63, 3.8) is 0 Å². The SMILES string of the molecule is CN(C)C(=O)CN(C)c1nc2c(cnn2C(C)(C)C)c(=O)[nH]1. The second-order valence-electron chi connectivity index (χ2n) is 6.50. The van der Waals surface area contributed by atoms with Crippen molar-refractivity contribution in [2.45, 2.75) is 26.3 Å². The van der Waals surface area contributed by atoms with E-state index in [0.717, 1.165) is 0 Å². The molecule has 0 radical (unpaired) electrons. The summed E-state index contributed by atoms with van der Waals surface area (Å²) >= 11 is 0. The molecule has 0 bridgehead atoms. The first kappa shape index (κ1) is 16.0. The number of nitrogens with one attached hydrogen (secondary N) is 1. The highest BCUT2D eigenvalue weighted by Crippen LogP contribution is 2.19. The zero-order chi connectivity index (χ0) is 16.7. The summed E-state index contributed by atoms with van der Waals surface area (Å²) in [5.41, 5.74) is -0.0484. The van der Waals surface area contributed by atoms with Gasteiger partial charge in [0.05, 0.1) is 18.3 Å². The van der Waals surface area contributed by atoms with Crippen molar-refractivity contribution >= 4 is 22.9 Å². The van der Waals surface area contributed by atoms with Crippen molar-refractivity contribution in [1.29, 1.82) is 0 Å². The third kappa shape index (κ3) is 2.95. The number of fused-ring (bicyclic) bond motifs is 1. The van der Waals surface area contributed by atoms with Gasteiger partial charge in [-0.2, -0.15) is 10.1 Å². The van der Waals surface area contributed by atoms with Gasteiger partial charge in [0, 0.05) is 21.1 Å². The Morgan fingerprint density at radius 2 is 1.95 bits per heavy atom. The molecule has 0 saturated carbocycles. The summed E-state index contributed by atoms with van der Waals surface area (Å²) in [6.07, 6.45) is 1.52. The highest BCUT2D eigenvalue weighted by atomic mass is 16.2. The molecule has 8 heteroatoms. The second kappa shape index (κ2) is 5.43. The standard InChI is InChI=1S/C14H22N6O2/c1-14(2,3)20-11-9(7-15-20)12(22)17-13(16-11)19(6)8-10(21)18(4)5/h7H,8H2,1-6H3,(H,16,17,22). The number of carbonyl (C=O) groups excluding carboxylic acids is 1. The number of aromatic amines is 1. The number of amides is 1. The van der Waals surface area contributed by atoms with Crippen molar-refractivity contribution in [2.75, 3.05) is 32.6 Å². The molecule has 0 aliphatic carbocycles. The van der Waals surface area contributed by atoms with Crippen molar-refractivity contribution in [3.05, 3.63) is 16.6 Å². The molecular formula is C14H22N6O2. The van der Waals surface area contributed by atoms with E-state index in [4.69, 9.17) is 0 Å². The van der Waals surface area contributed by atoms with E-state index in [9.17, 15) is 9.59 Å². The normalized spacial score (nSPS) is 11.7. The van der Waals surface area contributed by atoms with E-state index in [0.29, 0.717) is 17.0 Å². The molecule has 2 aromatic rings. The van der Waals surface area contributed by atoms with E-state index in [1.807, 2.05) is 20.8 Å². The molecule has 0 aliphatic rings. The lowest BCUT2D eigenvalue weighted by atomic mass is 10.1. The van der Waals surface area contributed by atoms with Crippen LogP contribution in [0.1, 0.15) is 20.8 Å². The van der Waals surface area contributed by atoms with Gasteiger partial charge in [0.2, 0.25) is 11.9 Å². The van der Waals surface area contributed by atoms with Crippen LogP contribution in [0.5, 0.6) is 0 Å². The zero-order valence-corrected chi connectivity index (χ0v) is 13.8. The molecule has 2 aromatic heterocycles. The van der Waals surface area contributed by atoms with Gasteiger partial charge in [-0.3, -0.25) is 14.6 Å². The summed E-state index contributed by atoms with van der Waals surface area (Å²) in [7, 11) is 5.08. The summed E-state index contributed by atoms with van der Waals surface area (Å²) in [5.74, 6) is 0.272. The van der Waals surface area contributed by atoms with Crippen LogP contribution in [0.15, 0.2) is 11.0 Å². The molecule has 1 N–H and O–H groups in total. The molecule has 2 heterocycles. The molecule has 1 amide bonds. The largest absolute Gasteiger partial charge is 0.347 e. The maximum atomic E-state index is 12.2. The number of carbonyl (C=O) groups is 1. The van der Waals surface area contributed by atoms with Crippen LogP contribution >= 0.6 is 0 Å². The predicted molar refractivity (Wildman–Crippen MR) is 85.1 cm³/mol. The molecule has 8 nitrogen and oxygen atoms in total. The first-order valence-corrected chi connectivity index (χ1v) is 7.01. The summed E-state index contributed by atoms with van der Waals surface area (Å²) in [6, 6.07) is 0. The number of H-pyrrole nitrogens is 1. The molecule has 0 atom stereocenters. The van der Waals surface area contributed by atoms with Gasteiger partial charge < -0.3 is 9.80 Å². The van der Waals surface area contributed by atoms with Gasteiger partial charge in [-0.25, -0.2) is 4.68 Å². The third-order valence-corrected chi connectivity index (χ3v) is 3.29. The number of hydrogen-bond donors (Lipinski definition) is 1. The van der Waals surface area contributed by atoms with Crippen LogP contribution in [0, 0.1) is 0 Å². The Balaban J connectivity index is 2.48. The van der Waals surface area contributed by atoms with E-state index >= 15 is 0 Å². The quantitative estimate of drug-likeness (QED) is 0.887. The van der Waals surface area contributed by atoms with E-state index in [1.165, 1.54) is 11.1 Å². The average Bonchev–Trinajstić information content (AvgIpc) is 2.82. The van der Waals surface area contributed by atoms with Gasteiger partial charge >= 0.3 is 0 Å². The molecule has 0 saturated heterocycles. The van der Waals surface area contributed by atoms with Crippen LogP contribution in [-0.4, -0.2) is 58.2 Å². The van der Waals surface area contributed by atoms with Gasteiger partial charge in [0.25, 0.3) is 5.56 Å². The van der Waals surface area contributed by atoms with E-state index in [-0.39, 0.29) is 23.6 Å². The van der Waals surface area contributed by atoms with Crippen molar-refractivity contribution < 1.29 is 4.79 Å². The van der Waals surface area contributed by atoms with Gasteiger partial charge in [0.15, 0.2) is 5.65 Å². The Morgan fingerprint density at radius 3 is 2.50 bits per heavy atom. The number of rotatable bonds is 3. The maximum Gasteiger partial charge on any atom is 0.263 e. The zero-order valence-electron chi connectivity index (χ0n) is 13.8. The fourth-order valence-electron chi connectivity index (χ4n) is 2.00. The minimum absolute atomic E-state index is 0.0745. The van der Waals surface area contributed by atoms with Gasteiger partial charge in [0.1, 0.15) is 5.39 Å². The van der Waals surface area contributed by atoms with Crippen LogP contribution in [-0.2, 0) is 10.3 Å². The predicted octanol–water partition coefficient (Wildman–Crippen LogP) is 0.399. The maximum absolute atomic E-state index is 12.2. The van der Waals surface area contributed by atoms with Gasteiger partial charge in [-0.1, -0.05) is 0 Å². The first-order valence-electron chi connectivity index (χ1n) is 7.01. The second-order valence-corrected chi connectivity index (χ2v) is 6.50. The first-order chi connectivity index (χ1) is 10.1. The minimum Gasteiger partial charge on any atom is -0.347 e. The van der Waals surface area contributed by atoms with E-state index < -0.39 is 0 Å². The molecule has 0 spiro atoms. The smallest absolute Gasteiger partial charge is 0.263 e. The fourth-order valence-corrected chi connectivity index (χ4v) is 2.00. The minimum atomic E-state index is -0.294. The molecular weight excluding hydrogens is 284 g/mol. The van der Waals surface area contributed by atoms with Gasteiger partial charge in [-0.05, 0) is 20.8 Å². The summed E-state index contributed by atoms with van der Waals surface area (Å²) in [5, 5.41) is 4.69. The lowest BCUT2D eigenvalue weighted by Gasteiger charge is -2.22. The lowest BCUT2D eigenvalue weighted by molar-refractivity contribution is -0.127. The average molecular weight is 306 g/mol. The monoisotopic (exact) mass is 306 g/mol. The van der Waals surface area contributed by atoms with Crippen LogP contribution in [0.2, 0.25) is 0 Å². The lowest BCUT2D eigenvalue weighted by Crippen LogP contribution is -2.36. The highest BCUT2D eigenvalue weighted by Gasteiger charge is 2.21. The molecule has 120 valence electrons. The number of hydrogen-bond acceptors (Lipinski definition) is 5. The highest BCUT2D eigenvalue weighted by molar-refractivity contribution is 5.81. The van der Waals surface area contributed by atoms with Crippen molar-refractivity contribution in [3.8, 4) is 0 Å². The number of anilines is 1. The topological polar surface area (TPSA) is 87.1 Å². The molecule has 0 aliphatic heterocycles. The van der Waals surface area contributed by atoms with Crippen LogP contribution in [0.25, 0.3) is 11.0 Å². The Kier molecular flexibility index (Phi) is 3.95.